The molecular formula is C15H21Cl3SiZr. The molecule has 0 nitrogen and oxygen atoms in total. The van der Waals surface area contributed by atoms with Crippen molar-refractivity contribution in [2.45, 2.75) is 44.8 Å². The van der Waals surface area contributed by atoms with E-state index in [-0.39, 0.29) is 51.0 Å². The van der Waals surface area contributed by atoms with E-state index in [1.54, 1.807) is 0 Å². The first-order valence-electron chi connectivity index (χ1n) is 6.25. The molecule has 5 heteroatoms. The van der Waals surface area contributed by atoms with Gasteiger partial charge in [-0.3, -0.25) is 12.2 Å². The smallest absolute Gasteiger partial charge is 1.00 e. The van der Waals surface area contributed by atoms with Gasteiger partial charge in [0.05, 0.1) is 0 Å². The van der Waals surface area contributed by atoms with Gasteiger partial charge in [0, 0.05) is 0 Å². The van der Waals surface area contributed by atoms with E-state index >= 15 is 0 Å². The molecule has 0 saturated carbocycles. The van der Waals surface area contributed by atoms with Gasteiger partial charge >= 0.3 is 26.2 Å². The minimum Gasteiger partial charge on any atom is -1.00 e. The molecule has 110 valence electrons. The summed E-state index contributed by atoms with van der Waals surface area (Å²) in [4.78, 5) is 0. The van der Waals surface area contributed by atoms with E-state index in [1.165, 1.54) is 24.5 Å². The van der Waals surface area contributed by atoms with Crippen molar-refractivity contribution in [2.24, 2.45) is 0 Å². The van der Waals surface area contributed by atoms with Crippen LogP contribution in [-0.2, 0) is 26.2 Å². The van der Waals surface area contributed by atoms with E-state index in [1.807, 2.05) is 12.2 Å². The maximum atomic E-state index is 6.21. The summed E-state index contributed by atoms with van der Waals surface area (Å²) in [6.07, 6.45) is 21.1. The van der Waals surface area contributed by atoms with Gasteiger partial charge < -0.3 is 24.8 Å². The molecule has 0 saturated heterocycles. The van der Waals surface area contributed by atoms with Gasteiger partial charge in [-0.15, -0.1) is 12.8 Å². The van der Waals surface area contributed by atoms with Crippen LogP contribution in [0.15, 0.2) is 36.0 Å². The third-order valence-corrected chi connectivity index (χ3v) is 4.68. The van der Waals surface area contributed by atoms with Crippen LogP contribution >= 0.6 is 11.1 Å². The van der Waals surface area contributed by atoms with Gasteiger partial charge in [0.1, 0.15) is 0 Å². The summed E-state index contributed by atoms with van der Waals surface area (Å²) in [7, 11) is -1.32. The Morgan fingerprint density at radius 2 is 1.90 bits per heavy atom. The van der Waals surface area contributed by atoms with E-state index in [4.69, 9.17) is 11.1 Å². The SMILES string of the molecule is C[Si](C)(Cl)CCCC1=[C-]CC=C1.[C-]1=CC=CC1.[Cl-].[Cl-].[Zr+4]. The summed E-state index contributed by atoms with van der Waals surface area (Å²) in [5, 5.41) is 0. The van der Waals surface area contributed by atoms with Gasteiger partial charge in [0.2, 0.25) is 0 Å². The number of rotatable bonds is 4. The van der Waals surface area contributed by atoms with Crippen molar-refractivity contribution in [3.05, 3.63) is 48.1 Å². The summed E-state index contributed by atoms with van der Waals surface area (Å²) < 4.78 is 0. The van der Waals surface area contributed by atoms with Crippen molar-refractivity contribution >= 4 is 18.5 Å². The summed E-state index contributed by atoms with van der Waals surface area (Å²) in [5.41, 5.74) is 1.38. The Morgan fingerprint density at radius 1 is 1.20 bits per heavy atom. The molecule has 0 aromatic heterocycles. The molecule has 0 aromatic rings. The van der Waals surface area contributed by atoms with Crippen LogP contribution in [0, 0.1) is 12.2 Å². The van der Waals surface area contributed by atoms with Crippen molar-refractivity contribution in [1.29, 1.82) is 0 Å². The molecule has 0 spiro atoms. The summed E-state index contributed by atoms with van der Waals surface area (Å²) in [6.45, 7) is 4.41. The van der Waals surface area contributed by atoms with Crippen molar-refractivity contribution in [1.82, 2.24) is 0 Å². The Bertz CT molecular complexity index is 332. The second-order valence-corrected chi connectivity index (χ2v) is 11.9. The largest absolute Gasteiger partial charge is 4.00 e. The molecule has 0 N–H and O–H groups in total. The van der Waals surface area contributed by atoms with Crippen molar-refractivity contribution in [2.75, 3.05) is 0 Å². The molecule has 0 amide bonds. The molecule has 2 aliphatic carbocycles. The Balaban J connectivity index is -0.000000312. The van der Waals surface area contributed by atoms with Crippen molar-refractivity contribution in [3.8, 4) is 0 Å². The van der Waals surface area contributed by atoms with Gasteiger partial charge in [0.25, 0.3) is 0 Å². The average molecular weight is 427 g/mol. The number of hydrogen-bond donors (Lipinski definition) is 0. The molecule has 0 fully saturated rings. The first kappa shape index (κ1) is 25.9. The molecule has 0 heterocycles. The zero-order chi connectivity index (χ0) is 12.6. The summed E-state index contributed by atoms with van der Waals surface area (Å²) in [5.74, 6) is 0. The summed E-state index contributed by atoms with van der Waals surface area (Å²) in [6, 6.07) is 1.22. The van der Waals surface area contributed by atoms with Crippen molar-refractivity contribution < 1.29 is 51.0 Å². The van der Waals surface area contributed by atoms with Crippen LogP contribution in [0.3, 0.4) is 0 Å². The Kier molecular flexibility index (Phi) is 19.2. The first-order chi connectivity index (χ1) is 8.08. The van der Waals surface area contributed by atoms with E-state index in [2.05, 4.69) is 43.5 Å². The second-order valence-electron chi connectivity index (χ2n) is 4.88. The van der Waals surface area contributed by atoms with Gasteiger partial charge in [-0.2, -0.15) is 23.2 Å². The van der Waals surface area contributed by atoms with Crippen LogP contribution in [-0.4, -0.2) is 7.38 Å². The third-order valence-electron chi connectivity index (χ3n) is 2.57. The minimum atomic E-state index is -1.32. The van der Waals surface area contributed by atoms with Gasteiger partial charge in [-0.25, -0.2) is 23.8 Å². The normalized spacial score (nSPS) is 14.4. The predicted octanol–water partition coefficient (Wildman–Crippen LogP) is -0.789. The zero-order valence-electron chi connectivity index (χ0n) is 12.1. The number of halogens is 3. The Labute approximate surface area is 161 Å². The topological polar surface area (TPSA) is 0 Å². The van der Waals surface area contributed by atoms with Crippen LogP contribution in [0.25, 0.3) is 0 Å². The molecule has 0 aromatic carbocycles. The van der Waals surface area contributed by atoms with Gasteiger partial charge in [-0.05, 0) is 6.04 Å². The van der Waals surface area contributed by atoms with Gasteiger partial charge in [-0.1, -0.05) is 25.9 Å². The quantitative estimate of drug-likeness (QED) is 0.314. The molecule has 0 atom stereocenters. The molecular weight excluding hydrogens is 406 g/mol. The molecule has 20 heavy (non-hydrogen) atoms. The number of hydrogen-bond acceptors (Lipinski definition) is 0. The Morgan fingerprint density at radius 3 is 2.25 bits per heavy atom. The second kappa shape index (κ2) is 14.9. The molecule has 2 rings (SSSR count). The average Bonchev–Trinajstić information content (AvgIpc) is 2.91. The molecule has 0 aliphatic heterocycles. The maximum Gasteiger partial charge on any atom is 4.00 e. The van der Waals surface area contributed by atoms with E-state index < -0.39 is 7.38 Å². The molecule has 0 radical (unpaired) electrons. The fraction of sp³-hybridized carbons (Fsp3) is 0.467. The monoisotopic (exact) mass is 424 g/mol. The summed E-state index contributed by atoms with van der Waals surface area (Å²) >= 11 is 6.21. The molecule has 0 bridgehead atoms. The van der Waals surface area contributed by atoms with Crippen LogP contribution in [0.5, 0.6) is 0 Å². The van der Waals surface area contributed by atoms with Crippen LogP contribution in [0.4, 0.5) is 0 Å². The van der Waals surface area contributed by atoms with E-state index in [0.29, 0.717) is 0 Å². The van der Waals surface area contributed by atoms with E-state index in [9.17, 15) is 0 Å². The minimum absolute atomic E-state index is 0. The van der Waals surface area contributed by atoms with Crippen LogP contribution in [0.2, 0.25) is 19.1 Å². The van der Waals surface area contributed by atoms with Crippen molar-refractivity contribution in [3.63, 3.8) is 0 Å². The predicted molar refractivity (Wildman–Crippen MR) is 79.5 cm³/mol. The maximum absolute atomic E-state index is 6.21. The van der Waals surface area contributed by atoms with Crippen LogP contribution < -0.4 is 24.8 Å². The first-order valence-corrected chi connectivity index (χ1v) is 10.5. The fourth-order valence-corrected chi connectivity index (χ4v) is 3.08. The van der Waals surface area contributed by atoms with E-state index in [0.717, 1.165) is 12.8 Å². The fourth-order valence-electron chi connectivity index (χ4n) is 1.66. The third kappa shape index (κ3) is 15.3. The Hall–Kier alpha value is 0.930. The zero-order valence-corrected chi connectivity index (χ0v) is 17.8. The molecule has 2 aliphatic rings. The van der Waals surface area contributed by atoms with Gasteiger partial charge in [0.15, 0.2) is 7.38 Å². The van der Waals surface area contributed by atoms with Crippen LogP contribution in [0.1, 0.15) is 25.7 Å². The standard InChI is InChI=1S/C10H16ClSi.C5H5.2ClH.Zr/c1-12(2,11)9-5-8-10-6-3-4-7-10;1-2-4-5-3-1;;;/h3,6H,4-5,8-9H2,1-2H3;1-3H,4H2;2*1H;/q2*-1;;;+4/p-2. The molecule has 0 unspecified atom stereocenters. The number of allylic oxidation sites excluding steroid dienone is 8.